The predicted octanol–water partition coefficient (Wildman–Crippen LogP) is 2.69. The fourth-order valence-corrected chi connectivity index (χ4v) is 2.77. The molecule has 0 atom stereocenters. The number of carbonyl (C=O) groups is 1. The summed E-state index contributed by atoms with van der Waals surface area (Å²) < 4.78 is 15.2. The molecule has 0 amide bonds. The van der Waals surface area contributed by atoms with Crippen LogP contribution in [0.2, 0.25) is 0 Å². The molecule has 0 aliphatic heterocycles. The SMILES string of the molecule is O=C(O)CSc1nc2cc(F)ccc2n1C1CC1. The number of fused-ring (bicyclic) bond motifs is 1. The number of thioether (sulfide) groups is 1. The second kappa shape index (κ2) is 4.28. The summed E-state index contributed by atoms with van der Waals surface area (Å²) in [5, 5.41) is 9.39. The standard InChI is InChI=1S/C12H11FN2O2S/c13-7-1-4-10-9(5-7)14-12(18-6-11(16)17)15(10)8-2-3-8/h1,4-5,8H,2-3,6H2,(H,16,17). The Balaban J connectivity index is 2.05. The van der Waals surface area contributed by atoms with Gasteiger partial charge in [-0.05, 0) is 25.0 Å². The van der Waals surface area contributed by atoms with E-state index in [9.17, 15) is 9.18 Å². The van der Waals surface area contributed by atoms with Crippen molar-refractivity contribution in [3.8, 4) is 0 Å². The highest BCUT2D eigenvalue weighted by Crippen LogP contribution is 2.41. The van der Waals surface area contributed by atoms with Crippen LogP contribution in [0.5, 0.6) is 0 Å². The first-order valence-corrected chi connectivity index (χ1v) is 6.66. The van der Waals surface area contributed by atoms with Gasteiger partial charge in [0.05, 0.1) is 16.8 Å². The van der Waals surface area contributed by atoms with Crippen LogP contribution in [0.4, 0.5) is 4.39 Å². The normalized spacial score (nSPS) is 15.2. The van der Waals surface area contributed by atoms with Gasteiger partial charge in [0.2, 0.25) is 0 Å². The molecule has 0 spiro atoms. The molecule has 0 saturated heterocycles. The Labute approximate surface area is 107 Å². The van der Waals surface area contributed by atoms with Crippen LogP contribution in [0.15, 0.2) is 23.4 Å². The monoisotopic (exact) mass is 266 g/mol. The lowest BCUT2D eigenvalue weighted by molar-refractivity contribution is -0.133. The van der Waals surface area contributed by atoms with E-state index in [1.54, 1.807) is 6.07 Å². The minimum Gasteiger partial charge on any atom is -0.481 e. The number of carboxylic acids is 1. The van der Waals surface area contributed by atoms with E-state index in [2.05, 4.69) is 4.98 Å². The molecule has 4 nitrogen and oxygen atoms in total. The third-order valence-electron chi connectivity index (χ3n) is 2.86. The summed E-state index contributed by atoms with van der Waals surface area (Å²) in [6, 6.07) is 4.89. The van der Waals surface area contributed by atoms with Gasteiger partial charge >= 0.3 is 5.97 Å². The van der Waals surface area contributed by atoms with Crippen LogP contribution < -0.4 is 0 Å². The van der Waals surface area contributed by atoms with Crippen LogP contribution in [0, 0.1) is 5.82 Å². The third-order valence-corrected chi connectivity index (χ3v) is 3.79. The van der Waals surface area contributed by atoms with Crippen LogP contribution in [0.25, 0.3) is 11.0 Å². The van der Waals surface area contributed by atoms with Crippen molar-refractivity contribution in [2.45, 2.75) is 24.0 Å². The number of aliphatic carboxylic acids is 1. The van der Waals surface area contributed by atoms with Crippen molar-refractivity contribution in [1.29, 1.82) is 0 Å². The summed E-state index contributed by atoms with van der Waals surface area (Å²) in [5.74, 6) is -1.23. The Bertz CT molecular complexity index is 622. The van der Waals surface area contributed by atoms with E-state index in [4.69, 9.17) is 5.11 Å². The number of benzene rings is 1. The summed E-state index contributed by atoms with van der Waals surface area (Å²) in [6.45, 7) is 0. The Kier molecular flexibility index (Phi) is 2.74. The molecule has 1 N–H and O–H groups in total. The van der Waals surface area contributed by atoms with Crippen molar-refractivity contribution in [2.75, 3.05) is 5.75 Å². The van der Waals surface area contributed by atoms with E-state index in [1.165, 1.54) is 23.9 Å². The average molecular weight is 266 g/mol. The fraction of sp³-hybridized carbons (Fsp3) is 0.333. The van der Waals surface area contributed by atoms with Crippen molar-refractivity contribution in [3.05, 3.63) is 24.0 Å². The number of imidazole rings is 1. The second-order valence-corrected chi connectivity index (χ2v) is 5.25. The molecule has 0 bridgehead atoms. The molecular weight excluding hydrogens is 255 g/mol. The number of carboxylic acid groups (broad SMARTS) is 1. The maximum Gasteiger partial charge on any atom is 0.313 e. The van der Waals surface area contributed by atoms with E-state index < -0.39 is 5.97 Å². The Morgan fingerprint density at radius 3 is 3.00 bits per heavy atom. The molecule has 1 aromatic carbocycles. The number of hydrogen-bond acceptors (Lipinski definition) is 3. The molecule has 1 heterocycles. The maximum absolute atomic E-state index is 13.2. The Morgan fingerprint density at radius 1 is 1.56 bits per heavy atom. The highest BCUT2D eigenvalue weighted by atomic mass is 32.2. The van der Waals surface area contributed by atoms with Gasteiger partial charge in [-0.25, -0.2) is 9.37 Å². The third kappa shape index (κ3) is 2.08. The number of nitrogens with zero attached hydrogens (tertiary/aromatic N) is 2. The minimum atomic E-state index is -0.874. The van der Waals surface area contributed by atoms with Gasteiger partial charge in [-0.15, -0.1) is 0 Å². The maximum atomic E-state index is 13.2. The second-order valence-electron chi connectivity index (χ2n) is 4.31. The van der Waals surface area contributed by atoms with Crippen LogP contribution in [0.3, 0.4) is 0 Å². The first-order chi connectivity index (χ1) is 8.65. The molecule has 94 valence electrons. The van der Waals surface area contributed by atoms with Gasteiger partial charge in [0.15, 0.2) is 5.16 Å². The molecule has 6 heteroatoms. The lowest BCUT2D eigenvalue weighted by Crippen LogP contribution is -2.01. The minimum absolute atomic E-state index is 0.0292. The van der Waals surface area contributed by atoms with E-state index in [1.807, 2.05) is 4.57 Å². The molecule has 2 aromatic rings. The summed E-state index contributed by atoms with van der Waals surface area (Å²) >= 11 is 1.18. The first kappa shape index (κ1) is 11.5. The van der Waals surface area contributed by atoms with Gasteiger partial charge in [-0.3, -0.25) is 4.79 Å². The van der Waals surface area contributed by atoms with Gasteiger partial charge in [-0.2, -0.15) is 0 Å². The van der Waals surface area contributed by atoms with Crippen molar-refractivity contribution in [3.63, 3.8) is 0 Å². The van der Waals surface area contributed by atoms with Crippen LogP contribution in [-0.4, -0.2) is 26.4 Å². The average Bonchev–Trinajstić information content (AvgIpc) is 3.08. The molecule has 1 aliphatic rings. The van der Waals surface area contributed by atoms with Crippen LogP contribution in [0.1, 0.15) is 18.9 Å². The first-order valence-electron chi connectivity index (χ1n) is 5.67. The van der Waals surface area contributed by atoms with E-state index in [0.29, 0.717) is 16.7 Å². The zero-order chi connectivity index (χ0) is 12.7. The highest BCUT2D eigenvalue weighted by molar-refractivity contribution is 7.99. The van der Waals surface area contributed by atoms with Crippen molar-refractivity contribution in [2.24, 2.45) is 0 Å². The van der Waals surface area contributed by atoms with Crippen molar-refractivity contribution < 1.29 is 14.3 Å². The zero-order valence-corrected chi connectivity index (χ0v) is 10.3. The molecule has 0 radical (unpaired) electrons. The van der Waals surface area contributed by atoms with Gasteiger partial charge < -0.3 is 9.67 Å². The lowest BCUT2D eigenvalue weighted by atomic mass is 10.3. The molecule has 3 rings (SSSR count). The van der Waals surface area contributed by atoms with Crippen LogP contribution >= 0.6 is 11.8 Å². The van der Waals surface area contributed by atoms with E-state index >= 15 is 0 Å². The summed E-state index contributed by atoms with van der Waals surface area (Å²) in [5.41, 5.74) is 1.47. The number of hydrogen-bond donors (Lipinski definition) is 1. The number of halogens is 1. The molecule has 18 heavy (non-hydrogen) atoms. The predicted molar refractivity (Wildman–Crippen MR) is 66.3 cm³/mol. The Morgan fingerprint density at radius 2 is 2.33 bits per heavy atom. The van der Waals surface area contributed by atoms with Crippen molar-refractivity contribution in [1.82, 2.24) is 9.55 Å². The zero-order valence-electron chi connectivity index (χ0n) is 9.47. The van der Waals surface area contributed by atoms with Crippen LogP contribution in [-0.2, 0) is 4.79 Å². The smallest absolute Gasteiger partial charge is 0.313 e. The number of rotatable bonds is 4. The molecule has 1 fully saturated rings. The fourth-order valence-electron chi connectivity index (χ4n) is 1.96. The molecule has 1 aromatic heterocycles. The quantitative estimate of drug-likeness (QED) is 0.864. The molecule has 1 aliphatic carbocycles. The molecule has 0 unspecified atom stereocenters. The summed E-state index contributed by atoms with van der Waals surface area (Å²) in [7, 11) is 0. The number of aromatic nitrogens is 2. The molecule has 1 saturated carbocycles. The molecular formula is C12H11FN2O2S. The largest absolute Gasteiger partial charge is 0.481 e. The van der Waals surface area contributed by atoms with Gasteiger partial charge in [-0.1, -0.05) is 11.8 Å². The summed E-state index contributed by atoms with van der Waals surface area (Å²) in [6.07, 6.45) is 2.15. The van der Waals surface area contributed by atoms with Crippen molar-refractivity contribution >= 4 is 28.8 Å². The summed E-state index contributed by atoms with van der Waals surface area (Å²) in [4.78, 5) is 15.0. The Hall–Kier alpha value is -1.56. The van der Waals surface area contributed by atoms with Gasteiger partial charge in [0.1, 0.15) is 5.82 Å². The van der Waals surface area contributed by atoms with E-state index in [-0.39, 0.29) is 11.6 Å². The van der Waals surface area contributed by atoms with Gasteiger partial charge in [0.25, 0.3) is 0 Å². The van der Waals surface area contributed by atoms with E-state index in [0.717, 1.165) is 18.4 Å². The lowest BCUT2D eigenvalue weighted by Gasteiger charge is -2.05. The van der Waals surface area contributed by atoms with Gasteiger partial charge in [0, 0.05) is 12.1 Å². The highest BCUT2D eigenvalue weighted by Gasteiger charge is 2.28. The topological polar surface area (TPSA) is 55.1 Å².